The molecule has 114 valence electrons. The molecule has 1 saturated heterocycles. The second kappa shape index (κ2) is 5.63. The molecule has 1 fully saturated rings. The summed E-state index contributed by atoms with van der Waals surface area (Å²) in [5.74, 6) is 0. The molecule has 0 saturated carbocycles. The van der Waals surface area contributed by atoms with Crippen LogP contribution in [0.2, 0.25) is 0 Å². The lowest BCUT2D eigenvalue weighted by molar-refractivity contribution is -0.293. The van der Waals surface area contributed by atoms with Gasteiger partial charge in [0.1, 0.15) is 18.3 Å². The second-order valence-corrected chi connectivity index (χ2v) is 5.00. The van der Waals surface area contributed by atoms with Crippen LogP contribution < -0.4 is 4.84 Å². The quantitative estimate of drug-likeness (QED) is 0.571. The summed E-state index contributed by atoms with van der Waals surface area (Å²) in [5.41, 5.74) is 0.762. The summed E-state index contributed by atoms with van der Waals surface area (Å²) < 4.78 is 6.33. The van der Waals surface area contributed by atoms with Crippen molar-refractivity contribution in [2.75, 3.05) is 6.61 Å². The Balaban J connectivity index is 1.88. The molecule has 21 heavy (non-hydrogen) atoms. The Hall–Kier alpha value is -1.64. The molecular weight excluding hydrogens is 278 g/mol. The summed E-state index contributed by atoms with van der Waals surface area (Å²) in [6.45, 7) is -0.489. The number of hydrogen-bond donors (Lipinski definition) is 4. The number of aliphatic hydroxyl groups is 4. The zero-order valence-electron chi connectivity index (χ0n) is 11.1. The topological polar surface area (TPSA) is 104 Å². The first-order chi connectivity index (χ1) is 10.1. The molecule has 1 aromatic heterocycles. The van der Waals surface area contributed by atoms with E-state index in [0.29, 0.717) is 0 Å². The van der Waals surface area contributed by atoms with Gasteiger partial charge >= 0.3 is 0 Å². The Kier molecular flexibility index (Phi) is 3.83. The number of fused-ring (bicyclic) bond motifs is 1. The molecule has 5 atom stereocenters. The number of aromatic nitrogens is 1. The predicted molar refractivity (Wildman–Crippen MR) is 72.3 cm³/mol. The van der Waals surface area contributed by atoms with E-state index < -0.39 is 37.3 Å². The molecule has 0 amide bonds. The van der Waals surface area contributed by atoms with Gasteiger partial charge in [-0.15, -0.1) is 0 Å². The highest BCUT2D eigenvalue weighted by molar-refractivity contribution is 5.79. The summed E-state index contributed by atoms with van der Waals surface area (Å²) in [6.07, 6.45) is -4.72. The van der Waals surface area contributed by atoms with Gasteiger partial charge < -0.3 is 30.0 Å². The fraction of sp³-hybridized carbons (Fsp3) is 0.429. The largest absolute Gasteiger partial charge is 0.405 e. The zero-order valence-corrected chi connectivity index (χ0v) is 11.1. The van der Waals surface area contributed by atoms with E-state index >= 15 is 0 Å². The van der Waals surface area contributed by atoms with Crippen molar-refractivity contribution in [1.82, 2.24) is 4.73 Å². The van der Waals surface area contributed by atoms with Crippen LogP contribution in [-0.2, 0) is 4.74 Å². The molecule has 0 spiro atoms. The lowest BCUT2D eigenvalue weighted by Crippen LogP contribution is -2.61. The number of rotatable bonds is 3. The predicted octanol–water partition coefficient (Wildman–Crippen LogP) is -1.13. The van der Waals surface area contributed by atoms with Gasteiger partial charge in [-0.05, 0) is 12.1 Å². The Morgan fingerprint density at radius 2 is 1.86 bits per heavy atom. The molecule has 0 bridgehead atoms. The molecule has 7 heteroatoms. The van der Waals surface area contributed by atoms with E-state index in [-0.39, 0.29) is 0 Å². The molecule has 7 nitrogen and oxygen atoms in total. The molecule has 3 rings (SSSR count). The summed E-state index contributed by atoms with van der Waals surface area (Å²) >= 11 is 0. The van der Waals surface area contributed by atoms with Gasteiger partial charge in [-0.25, -0.2) is 0 Å². The average Bonchev–Trinajstić information content (AvgIpc) is 2.90. The number of para-hydroxylation sites is 1. The van der Waals surface area contributed by atoms with Crippen molar-refractivity contribution in [3.05, 3.63) is 36.5 Å². The molecule has 1 aliphatic heterocycles. The van der Waals surface area contributed by atoms with Crippen molar-refractivity contribution < 1.29 is 30.0 Å². The molecular formula is C14H17NO6. The fourth-order valence-corrected chi connectivity index (χ4v) is 2.47. The standard InChI is InChI=1S/C14H17NO6/c16-7-10-11(17)13(12(18)14(19)20-10)21-15-6-5-8-3-1-2-4-9(8)15/h1-6,10-14,16-19H,7H2. The molecule has 0 aliphatic carbocycles. The van der Waals surface area contributed by atoms with E-state index in [0.717, 1.165) is 10.9 Å². The van der Waals surface area contributed by atoms with E-state index in [1.807, 2.05) is 30.3 Å². The van der Waals surface area contributed by atoms with Crippen LogP contribution >= 0.6 is 0 Å². The maximum absolute atomic E-state index is 10.1. The molecule has 1 aliphatic rings. The summed E-state index contributed by atoms with van der Waals surface area (Å²) in [6, 6.07) is 9.28. The molecule has 4 N–H and O–H groups in total. The summed E-state index contributed by atoms with van der Waals surface area (Å²) in [4.78, 5) is 5.60. The van der Waals surface area contributed by atoms with Crippen LogP contribution in [0.5, 0.6) is 0 Å². The van der Waals surface area contributed by atoms with Gasteiger partial charge in [-0.3, -0.25) is 0 Å². The monoisotopic (exact) mass is 295 g/mol. The maximum Gasteiger partial charge on any atom is 0.185 e. The lowest BCUT2D eigenvalue weighted by atomic mass is 9.99. The van der Waals surface area contributed by atoms with Gasteiger partial charge in [0.2, 0.25) is 0 Å². The van der Waals surface area contributed by atoms with Crippen LogP contribution in [0.4, 0.5) is 0 Å². The molecule has 0 radical (unpaired) electrons. The Bertz CT molecular complexity index is 614. The second-order valence-electron chi connectivity index (χ2n) is 5.00. The van der Waals surface area contributed by atoms with E-state index in [1.165, 1.54) is 4.73 Å². The van der Waals surface area contributed by atoms with Crippen molar-refractivity contribution in [3.8, 4) is 0 Å². The van der Waals surface area contributed by atoms with Gasteiger partial charge in [0.15, 0.2) is 12.4 Å². The molecule has 5 unspecified atom stereocenters. The highest BCUT2D eigenvalue weighted by Crippen LogP contribution is 2.22. The van der Waals surface area contributed by atoms with Crippen LogP contribution in [0.25, 0.3) is 10.9 Å². The van der Waals surface area contributed by atoms with Gasteiger partial charge in [0.25, 0.3) is 0 Å². The average molecular weight is 295 g/mol. The van der Waals surface area contributed by atoms with Crippen molar-refractivity contribution in [1.29, 1.82) is 0 Å². The van der Waals surface area contributed by atoms with Gasteiger partial charge in [-0.2, -0.15) is 4.73 Å². The Morgan fingerprint density at radius 3 is 2.62 bits per heavy atom. The van der Waals surface area contributed by atoms with E-state index in [4.69, 9.17) is 14.7 Å². The van der Waals surface area contributed by atoms with Crippen LogP contribution in [0.15, 0.2) is 36.5 Å². The number of ether oxygens (including phenoxy) is 1. The van der Waals surface area contributed by atoms with E-state index in [2.05, 4.69) is 0 Å². The first-order valence-corrected chi connectivity index (χ1v) is 6.65. The van der Waals surface area contributed by atoms with Crippen molar-refractivity contribution in [3.63, 3.8) is 0 Å². The highest BCUT2D eigenvalue weighted by Gasteiger charge is 2.45. The van der Waals surface area contributed by atoms with Crippen LogP contribution in [0, 0.1) is 0 Å². The lowest BCUT2D eigenvalue weighted by Gasteiger charge is -2.39. The number of nitrogens with zero attached hydrogens (tertiary/aromatic N) is 1. The third-order valence-corrected chi connectivity index (χ3v) is 3.64. The Labute approximate surface area is 120 Å². The molecule has 2 heterocycles. The highest BCUT2D eigenvalue weighted by atomic mass is 16.7. The zero-order chi connectivity index (χ0) is 15.0. The minimum atomic E-state index is -1.53. The molecule has 2 aromatic rings. The van der Waals surface area contributed by atoms with Crippen molar-refractivity contribution in [2.45, 2.75) is 30.7 Å². The van der Waals surface area contributed by atoms with Crippen LogP contribution in [0.3, 0.4) is 0 Å². The van der Waals surface area contributed by atoms with E-state index in [9.17, 15) is 15.3 Å². The van der Waals surface area contributed by atoms with Crippen LogP contribution in [-0.4, -0.2) is 62.5 Å². The SMILES string of the molecule is OCC1OC(O)C(O)C(On2ccc3ccccc32)C1O. The maximum atomic E-state index is 10.1. The summed E-state index contributed by atoms with van der Waals surface area (Å²) in [5, 5.41) is 39.7. The van der Waals surface area contributed by atoms with Gasteiger partial charge in [-0.1, -0.05) is 18.2 Å². The number of hydrogen-bond acceptors (Lipinski definition) is 6. The first-order valence-electron chi connectivity index (χ1n) is 6.65. The normalized spacial score (nSPS) is 33.2. The Morgan fingerprint density at radius 1 is 1.10 bits per heavy atom. The van der Waals surface area contributed by atoms with Crippen molar-refractivity contribution in [2.24, 2.45) is 0 Å². The van der Waals surface area contributed by atoms with E-state index in [1.54, 1.807) is 6.20 Å². The third kappa shape index (κ3) is 2.50. The number of benzene rings is 1. The fourth-order valence-electron chi connectivity index (χ4n) is 2.47. The minimum absolute atomic E-state index is 0.489. The number of aliphatic hydroxyl groups excluding tert-OH is 4. The minimum Gasteiger partial charge on any atom is -0.405 e. The third-order valence-electron chi connectivity index (χ3n) is 3.64. The smallest absolute Gasteiger partial charge is 0.185 e. The van der Waals surface area contributed by atoms with Crippen LogP contribution in [0.1, 0.15) is 0 Å². The molecule has 1 aromatic carbocycles. The first kappa shape index (κ1) is 14.3. The van der Waals surface area contributed by atoms with Gasteiger partial charge in [0, 0.05) is 11.6 Å². The summed E-state index contributed by atoms with van der Waals surface area (Å²) in [7, 11) is 0. The van der Waals surface area contributed by atoms with Crippen molar-refractivity contribution >= 4 is 10.9 Å². The van der Waals surface area contributed by atoms with Gasteiger partial charge in [0.05, 0.1) is 12.1 Å².